The summed E-state index contributed by atoms with van der Waals surface area (Å²) in [6.07, 6.45) is 0. The third-order valence-corrected chi connectivity index (χ3v) is 3.08. The largest absolute Gasteiger partial charge is 0.383 e. The zero-order valence-electron chi connectivity index (χ0n) is 10.9. The fraction of sp³-hybridized carbons (Fsp3) is 0.462. The highest BCUT2D eigenvalue weighted by atomic mass is 79.9. The number of aryl methyl sites for hydroxylation is 1. The van der Waals surface area contributed by atoms with Gasteiger partial charge in [-0.05, 0) is 47.5 Å². The van der Waals surface area contributed by atoms with E-state index in [0.29, 0.717) is 6.61 Å². The van der Waals surface area contributed by atoms with Crippen molar-refractivity contribution in [1.29, 1.82) is 0 Å². The molecule has 0 bridgehead atoms. The second-order valence-corrected chi connectivity index (χ2v) is 5.12. The highest BCUT2D eigenvalue weighted by molar-refractivity contribution is 9.10. The Balaban J connectivity index is 2.45. The molecule has 1 aromatic carbocycles. The minimum absolute atomic E-state index is 0.0188. The maximum atomic E-state index is 11.7. The molecule has 1 rings (SSSR count). The third-order valence-electron chi connectivity index (χ3n) is 2.39. The van der Waals surface area contributed by atoms with Gasteiger partial charge < -0.3 is 15.4 Å². The number of rotatable bonds is 6. The van der Waals surface area contributed by atoms with E-state index in [4.69, 9.17) is 4.74 Å². The van der Waals surface area contributed by atoms with Crippen molar-refractivity contribution in [1.82, 2.24) is 5.32 Å². The summed E-state index contributed by atoms with van der Waals surface area (Å²) in [5.74, 6) is -0.0482. The summed E-state index contributed by atoms with van der Waals surface area (Å²) in [6.45, 7) is 4.68. The van der Waals surface area contributed by atoms with Crippen LogP contribution in [0.1, 0.15) is 12.5 Å². The summed E-state index contributed by atoms with van der Waals surface area (Å²) in [5, 5.41) is 5.94. The van der Waals surface area contributed by atoms with E-state index in [0.717, 1.165) is 15.7 Å². The normalized spacial score (nSPS) is 12.0. The van der Waals surface area contributed by atoms with E-state index < -0.39 is 0 Å². The van der Waals surface area contributed by atoms with Crippen LogP contribution in [0.15, 0.2) is 22.7 Å². The van der Waals surface area contributed by atoms with Crippen molar-refractivity contribution in [3.63, 3.8) is 0 Å². The Hall–Kier alpha value is -1.07. The lowest BCUT2D eigenvalue weighted by atomic mass is 10.2. The Morgan fingerprint density at radius 2 is 2.22 bits per heavy atom. The highest BCUT2D eigenvalue weighted by Gasteiger charge is 2.07. The van der Waals surface area contributed by atoms with Gasteiger partial charge in [-0.1, -0.05) is 6.07 Å². The first kappa shape index (κ1) is 15.0. The lowest BCUT2D eigenvalue weighted by Gasteiger charge is -2.14. The van der Waals surface area contributed by atoms with Crippen molar-refractivity contribution >= 4 is 27.5 Å². The average molecular weight is 315 g/mol. The first-order valence-corrected chi connectivity index (χ1v) is 6.60. The lowest BCUT2D eigenvalue weighted by Crippen LogP contribution is -2.39. The smallest absolute Gasteiger partial charge is 0.239 e. The van der Waals surface area contributed by atoms with Gasteiger partial charge in [0.2, 0.25) is 5.91 Å². The molecule has 2 N–H and O–H groups in total. The Labute approximate surface area is 116 Å². The summed E-state index contributed by atoms with van der Waals surface area (Å²) >= 11 is 3.44. The van der Waals surface area contributed by atoms with Crippen LogP contribution >= 0.6 is 15.9 Å². The van der Waals surface area contributed by atoms with Gasteiger partial charge in [0.25, 0.3) is 0 Å². The van der Waals surface area contributed by atoms with Crippen LogP contribution in [0.5, 0.6) is 0 Å². The molecule has 0 aliphatic carbocycles. The Morgan fingerprint density at radius 3 is 2.89 bits per heavy atom. The molecule has 1 unspecified atom stereocenters. The van der Waals surface area contributed by atoms with Crippen LogP contribution in [-0.4, -0.2) is 32.2 Å². The molecule has 0 saturated carbocycles. The molecule has 0 aromatic heterocycles. The Kier molecular flexibility index (Phi) is 6.15. The first-order chi connectivity index (χ1) is 8.52. The minimum atomic E-state index is -0.0482. The van der Waals surface area contributed by atoms with Crippen LogP contribution in [-0.2, 0) is 9.53 Å². The van der Waals surface area contributed by atoms with Crippen molar-refractivity contribution in [3.05, 3.63) is 28.2 Å². The van der Waals surface area contributed by atoms with E-state index in [1.165, 1.54) is 0 Å². The van der Waals surface area contributed by atoms with E-state index >= 15 is 0 Å². The number of halogens is 1. The van der Waals surface area contributed by atoms with Crippen molar-refractivity contribution < 1.29 is 9.53 Å². The van der Waals surface area contributed by atoms with Gasteiger partial charge in [-0.25, -0.2) is 0 Å². The van der Waals surface area contributed by atoms with E-state index in [-0.39, 0.29) is 18.5 Å². The van der Waals surface area contributed by atoms with Gasteiger partial charge >= 0.3 is 0 Å². The number of carbonyl (C=O) groups excluding carboxylic acids is 1. The molecular weight excluding hydrogens is 296 g/mol. The molecule has 0 heterocycles. The zero-order valence-corrected chi connectivity index (χ0v) is 12.5. The predicted octanol–water partition coefficient (Wildman–Crippen LogP) is 2.32. The molecule has 18 heavy (non-hydrogen) atoms. The number of benzene rings is 1. The summed E-state index contributed by atoms with van der Waals surface area (Å²) < 4.78 is 5.91. The maximum Gasteiger partial charge on any atom is 0.239 e. The van der Waals surface area contributed by atoms with Gasteiger partial charge in [-0.3, -0.25) is 4.79 Å². The number of ether oxygens (including phenoxy) is 1. The lowest BCUT2D eigenvalue weighted by molar-refractivity contribution is -0.120. The molecular formula is C13H19BrN2O2. The summed E-state index contributed by atoms with van der Waals surface area (Å²) in [4.78, 5) is 11.7. The summed E-state index contributed by atoms with van der Waals surface area (Å²) in [6, 6.07) is 5.99. The monoisotopic (exact) mass is 314 g/mol. The van der Waals surface area contributed by atoms with Crippen LogP contribution in [0.25, 0.3) is 0 Å². The SMILES string of the molecule is COCC(C)NC(=O)CNc1cc(C)ccc1Br. The summed E-state index contributed by atoms with van der Waals surface area (Å²) in [5.41, 5.74) is 2.07. The third kappa shape index (κ3) is 5.06. The summed E-state index contributed by atoms with van der Waals surface area (Å²) in [7, 11) is 1.62. The standard InChI is InChI=1S/C13H19BrN2O2/c1-9-4-5-11(14)12(6-9)15-7-13(17)16-10(2)8-18-3/h4-6,10,15H,7-8H2,1-3H3,(H,16,17). The number of methoxy groups -OCH3 is 1. The Bertz CT molecular complexity index is 410. The maximum absolute atomic E-state index is 11.7. The molecule has 5 heteroatoms. The molecule has 4 nitrogen and oxygen atoms in total. The van der Waals surface area contributed by atoms with E-state index in [2.05, 4.69) is 26.6 Å². The quantitative estimate of drug-likeness (QED) is 0.847. The number of hydrogen-bond donors (Lipinski definition) is 2. The number of amides is 1. The average Bonchev–Trinajstić information content (AvgIpc) is 2.30. The number of nitrogens with one attached hydrogen (secondary N) is 2. The Morgan fingerprint density at radius 1 is 1.50 bits per heavy atom. The predicted molar refractivity (Wildman–Crippen MR) is 76.8 cm³/mol. The van der Waals surface area contributed by atoms with Crippen LogP contribution in [0.2, 0.25) is 0 Å². The van der Waals surface area contributed by atoms with Gasteiger partial charge in [0.05, 0.1) is 13.2 Å². The van der Waals surface area contributed by atoms with Gasteiger partial charge in [0, 0.05) is 23.3 Å². The number of anilines is 1. The van der Waals surface area contributed by atoms with Crippen molar-refractivity contribution in [2.45, 2.75) is 19.9 Å². The highest BCUT2D eigenvalue weighted by Crippen LogP contribution is 2.22. The molecule has 1 aromatic rings. The second kappa shape index (κ2) is 7.38. The van der Waals surface area contributed by atoms with Gasteiger partial charge in [0.1, 0.15) is 0 Å². The second-order valence-electron chi connectivity index (χ2n) is 4.26. The van der Waals surface area contributed by atoms with E-state index in [9.17, 15) is 4.79 Å². The number of carbonyl (C=O) groups is 1. The molecule has 1 amide bonds. The molecule has 0 aliphatic heterocycles. The fourth-order valence-corrected chi connectivity index (χ4v) is 1.95. The van der Waals surface area contributed by atoms with Gasteiger partial charge in [-0.15, -0.1) is 0 Å². The van der Waals surface area contributed by atoms with Gasteiger partial charge in [0.15, 0.2) is 0 Å². The molecule has 100 valence electrons. The molecule has 0 aliphatic rings. The van der Waals surface area contributed by atoms with Crippen LogP contribution < -0.4 is 10.6 Å². The first-order valence-electron chi connectivity index (χ1n) is 5.81. The molecule has 0 spiro atoms. The van der Waals surface area contributed by atoms with Crippen molar-refractivity contribution in [2.75, 3.05) is 25.6 Å². The minimum Gasteiger partial charge on any atom is -0.383 e. The molecule has 0 saturated heterocycles. The molecule has 0 fully saturated rings. The van der Waals surface area contributed by atoms with Crippen LogP contribution in [0, 0.1) is 6.92 Å². The fourth-order valence-electron chi connectivity index (χ4n) is 1.57. The molecule has 1 atom stereocenters. The van der Waals surface area contributed by atoms with E-state index in [1.54, 1.807) is 7.11 Å². The zero-order chi connectivity index (χ0) is 13.5. The van der Waals surface area contributed by atoms with Crippen LogP contribution in [0.3, 0.4) is 0 Å². The van der Waals surface area contributed by atoms with Gasteiger partial charge in [-0.2, -0.15) is 0 Å². The van der Waals surface area contributed by atoms with Crippen molar-refractivity contribution in [2.24, 2.45) is 0 Å². The van der Waals surface area contributed by atoms with E-state index in [1.807, 2.05) is 32.0 Å². The van der Waals surface area contributed by atoms with Crippen LogP contribution in [0.4, 0.5) is 5.69 Å². The molecule has 0 radical (unpaired) electrons. The topological polar surface area (TPSA) is 50.4 Å². The van der Waals surface area contributed by atoms with Crippen molar-refractivity contribution in [3.8, 4) is 0 Å². The number of hydrogen-bond acceptors (Lipinski definition) is 3.